The summed E-state index contributed by atoms with van der Waals surface area (Å²) in [6.07, 6.45) is -0.435. The van der Waals surface area contributed by atoms with Gasteiger partial charge in [0.25, 0.3) is 0 Å². The first-order valence-electron chi connectivity index (χ1n) is 6.33. The number of thiocarbonyl (C=S) groups is 1. The molecule has 1 rings (SSSR count). The molecule has 0 aliphatic carbocycles. The monoisotopic (exact) mass is 295 g/mol. The smallest absolute Gasteiger partial charge is 0.408 e. The van der Waals surface area contributed by atoms with E-state index in [1.165, 1.54) is 0 Å². The van der Waals surface area contributed by atoms with Gasteiger partial charge in [-0.25, -0.2) is 4.79 Å². The summed E-state index contributed by atoms with van der Waals surface area (Å²) in [5.74, 6) is 0. The van der Waals surface area contributed by atoms with Gasteiger partial charge in [0.15, 0.2) is 5.11 Å². The molecule has 1 aromatic carbocycles. The predicted molar refractivity (Wildman–Crippen MR) is 84.6 cm³/mol. The molecule has 6 heteroatoms. The highest BCUT2D eigenvalue weighted by atomic mass is 32.1. The van der Waals surface area contributed by atoms with Crippen LogP contribution in [0.15, 0.2) is 24.3 Å². The van der Waals surface area contributed by atoms with E-state index in [0.29, 0.717) is 0 Å². The second-order valence-electron chi connectivity index (χ2n) is 5.48. The second kappa shape index (κ2) is 6.56. The number of amides is 1. The molecule has 4 N–H and O–H groups in total. The van der Waals surface area contributed by atoms with Crippen LogP contribution < -0.4 is 16.4 Å². The largest absolute Gasteiger partial charge is 0.444 e. The van der Waals surface area contributed by atoms with Gasteiger partial charge in [0.05, 0.1) is 6.04 Å². The van der Waals surface area contributed by atoms with Crippen LogP contribution in [0.3, 0.4) is 0 Å². The summed E-state index contributed by atoms with van der Waals surface area (Å²) in [5, 5.41) is 5.84. The summed E-state index contributed by atoms with van der Waals surface area (Å²) in [6.45, 7) is 7.37. The van der Waals surface area contributed by atoms with Crippen LogP contribution in [0, 0.1) is 0 Å². The van der Waals surface area contributed by atoms with E-state index in [1.54, 1.807) is 0 Å². The Balaban J connectivity index is 2.61. The third-order valence-electron chi connectivity index (χ3n) is 2.41. The average Bonchev–Trinajstić information content (AvgIpc) is 2.26. The van der Waals surface area contributed by atoms with Crippen molar-refractivity contribution in [1.29, 1.82) is 0 Å². The van der Waals surface area contributed by atoms with Gasteiger partial charge in [-0.3, -0.25) is 0 Å². The third kappa shape index (κ3) is 5.88. The van der Waals surface area contributed by atoms with Crippen LogP contribution in [0.2, 0.25) is 0 Å². The van der Waals surface area contributed by atoms with E-state index in [-0.39, 0.29) is 11.2 Å². The fraction of sp³-hybridized carbons (Fsp3) is 0.429. The molecule has 1 amide bonds. The zero-order valence-electron chi connectivity index (χ0n) is 12.2. The molecular formula is C14H21N3O2S. The molecule has 0 spiro atoms. The number of benzene rings is 1. The number of alkyl carbamates (subject to hydrolysis) is 1. The maximum absolute atomic E-state index is 11.7. The van der Waals surface area contributed by atoms with E-state index in [2.05, 4.69) is 10.6 Å². The van der Waals surface area contributed by atoms with E-state index in [4.69, 9.17) is 22.7 Å². The quantitative estimate of drug-likeness (QED) is 0.747. The minimum atomic E-state index is -0.506. The summed E-state index contributed by atoms with van der Waals surface area (Å²) in [4.78, 5) is 11.7. The van der Waals surface area contributed by atoms with E-state index >= 15 is 0 Å². The number of carbonyl (C=O) groups is 1. The average molecular weight is 295 g/mol. The van der Waals surface area contributed by atoms with Crippen LogP contribution in [-0.4, -0.2) is 16.8 Å². The zero-order valence-corrected chi connectivity index (χ0v) is 13.0. The Bertz CT molecular complexity index is 480. The van der Waals surface area contributed by atoms with Gasteiger partial charge in [-0.05, 0) is 57.6 Å². The highest BCUT2D eigenvalue weighted by molar-refractivity contribution is 7.80. The van der Waals surface area contributed by atoms with Crippen molar-refractivity contribution < 1.29 is 9.53 Å². The zero-order chi connectivity index (χ0) is 15.3. The molecule has 0 aliphatic rings. The van der Waals surface area contributed by atoms with Crippen molar-refractivity contribution in [2.75, 3.05) is 5.32 Å². The molecule has 0 bridgehead atoms. The molecule has 110 valence electrons. The molecule has 0 heterocycles. The van der Waals surface area contributed by atoms with E-state index in [0.717, 1.165) is 11.3 Å². The van der Waals surface area contributed by atoms with Crippen LogP contribution in [0.4, 0.5) is 10.5 Å². The maximum Gasteiger partial charge on any atom is 0.408 e. The van der Waals surface area contributed by atoms with Gasteiger partial charge in [-0.2, -0.15) is 0 Å². The number of ether oxygens (including phenoxy) is 1. The molecule has 0 radical (unpaired) electrons. The number of hydrogen-bond donors (Lipinski definition) is 3. The third-order valence-corrected chi connectivity index (χ3v) is 2.51. The van der Waals surface area contributed by atoms with Crippen LogP contribution in [0.25, 0.3) is 0 Å². The molecule has 1 aromatic rings. The van der Waals surface area contributed by atoms with E-state index in [1.807, 2.05) is 52.0 Å². The molecule has 0 saturated heterocycles. The first-order chi connectivity index (χ1) is 9.17. The normalized spacial score (nSPS) is 12.4. The van der Waals surface area contributed by atoms with Gasteiger partial charge < -0.3 is 21.1 Å². The summed E-state index contributed by atoms with van der Waals surface area (Å²) in [6, 6.07) is 7.33. The van der Waals surface area contributed by atoms with Gasteiger partial charge in [-0.15, -0.1) is 0 Å². The topological polar surface area (TPSA) is 76.4 Å². The highest BCUT2D eigenvalue weighted by Crippen LogP contribution is 2.17. The predicted octanol–water partition coefficient (Wildman–Crippen LogP) is 2.93. The molecule has 5 nitrogen and oxygen atoms in total. The Morgan fingerprint density at radius 1 is 1.30 bits per heavy atom. The Morgan fingerprint density at radius 2 is 1.85 bits per heavy atom. The van der Waals surface area contributed by atoms with Crippen molar-refractivity contribution in [3.05, 3.63) is 29.8 Å². The number of anilines is 1. The van der Waals surface area contributed by atoms with Gasteiger partial charge in [-0.1, -0.05) is 12.1 Å². The maximum atomic E-state index is 11.7. The Hall–Kier alpha value is -1.82. The van der Waals surface area contributed by atoms with Crippen LogP contribution in [-0.2, 0) is 4.74 Å². The molecule has 0 saturated carbocycles. The summed E-state index contributed by atoms with van der Waals surface area (Å²) < 4.78 is 5.21. The highest BCUT2D eigenvalue weighted by Gasteiger charge is 2.18. The number of carbonyl (C=O) groups excluding carboxylic acids is 1. The lowest BCUT2D eigenvalue weighted by Crippen LogP contribution is -2.34. The molecule has 1 atom stereocenters. The van der Waals surface area contributed by atoms with Crippen LogP contribution in [0.5, 0.6) is 0 Å². The minimum Gasteiger partial charge on any atom is -0.444 e. The van der Waals surface area contributed by atoms with Crippen molar-refractivity contribution in [3.8, 4) is 0 Å². The van der Waals surface area contributed by atoms with E-state index < -0.39 is 11.7 Å². The Morgan fingerprint density at radius 3 is 2.30 bits per heavy atom. The van der Waals surface area contributed by atoms with Crippen LogP contribution in [0.1, 0.15) is 39.3 Å². The van der Waals surface area contributed by atoms with Crippen molar-refractivity contribution in [2.24, 2.45) is 5.73 Å². The molecule has 20 heavy (non-hydrogen) atoms. The molecule has 0 fully saturated rings. The minimum absolute atomic E-state index is 0.149. The SMILES string of the molecule is CC(NC(=O)OC(C)(C)C)c1ccc(NC(N)=S)cc1. The fourth-order valence-corrected chi connectivity index (χ4v) is 1.68. The molecule has 0 aromatic heterocycles. The van der Waals surface area contributed by atoms with E-state index in [9.17, 15) is 4.79 Å². The van der Waals surface area contributed by atoms with Gasteiger partial charge in [0, 0.05) is 5.69 Å². The second-order valence-corrected chi connectivity index (χ2v) is 5.92. The van der Waals surface area contributed by atoms with Crippen molar-refractivity contribution in [1.82, 2.24) is 5.32 Å². The molecule has 1 unspecified atom stereocenters. The lowest BCUT2D eigenvalue weighted by Gasteiger charge is -2.22. The fourth-order valence-electron chi connectivity index (χ4n) is 1.57. The Labute approximate surface area is 124 Å². The molecular weight excluding hydrogens is 274 g/mol. The molecule has 0 aliphatic heterocycles. The number of nitrogens with two attached hydrogens (primary N) is 1. The number of hydrogen-bond acceptors (Lipinski definition) is 3. The van der Waals surface area contributed by atoms with Crippen molar-refractivity contribution in [2.45, 2.75) is 39.3 Å². The number of nitrogens with one attached hydrogen (secondary N) is 2. The van der Waals surface area contributed by atoms with Crippen molar-refractivity contribution >= 4 is 29.1 Å². The first-order valence-corrected chi connectivity index (χ1v) is 6.74. The first kappa shape index (κ1) is 16.2. The van der Waals surface area contributed by atoms with Gasteiger partial charge in [0.2, 0.25) is 0 Å². The summed E-state index contributed by atoms with van der Waals surface area (Å²) in [5.41, 5.74) is 6.66. The number of rotatable bonds is 3. The lowest BCUT2D eigenvalue weighted by atomic mass is 10.1. The summed E-state index contributed by atoms with van der Waals surface area (Å²) >= 11 is 4.76. The lowest BCUT2D eigenvalue weighted by molar-refractivity contribution is 0.0508. The van der Waals surface area contributed by atoms with Gasteiger partial charge >= 0.3 is 6.09 Å². The van der Waals surface area contributed by atoms with Crippen LogP contribution >= 0.6 is 12.2 Å². The summed E-state index contributed by atoms with van der Waals surface area (Å²) in [7, 11) is 0. The van der Waals surface area contributed by atoms with Crippen molar-refractivity contribution in [3.63, 3.8) is 0 Å². The Kier molecular flexibility index (Phi) is 5.33. The standard InChI is InChI=1S/C14H21N3O2S/c1-9(16-13(18)19-14(2,3)4)10-5-7-11(8-6-10)17-12(15)20/h5-9H,1-4H3,(H,16,18)(H3,15,17,20). The van der Waals surface area contributed by atoms with Gasteiger partial charge in [0.1, 0.15) is 5.60 Å².